The Labute approximate surface area is 127 Å². The van der Waals surface area contributed by atoms with Crippen LogP contribution in [0.3, 0.4) is 0 Å². The third kappa shape index (κ3) is 3.06. The lowest BCUT2D eigenvalue weighted by molar-refractivity contribution is 0.385. The van der Waals surface area contributed by atoms with Gasteiger partial charge in [-0.15, -0.1) is 0 Å². The van der Waals surface area contributed by atoms with Gasteiger partial charge in [0.2, 0.25) is 0 Å². The second-order valence-electron chi connectivity index (χ2n) is 6.27. The molecule has 2 unspecified atom stereocenters. The summed E-state index contributed by atoms with van der Waals surface area (Å²) < 4.78 is 5.56. The lowest BCUT2D eigenvalue weighted by atomic mass is 9.98. The maximum atomic E-state index is 5.56. The van der Waals surface area contributed by atoms with E-state index in [0.29, 0.717) is 0 Å². The van der Waals surface area contributed by atoms with Crippen LogP contribution in [-0.2, 0) is 6.54 Å². The number of rotatable bonds is 5. The molecular weight excluding hydrogens is 258 g/mol. The molecule has 1 saturated carbocycles. The third-order valence-corrected chi connectivity index (χ3v) is 4.96. The monoisotopic (exact) mass is 283 g/mol. The summed E-state index contributed by atoms with van der Waals surface area (Å²) in [5, 5.41) is 6.24. The summed E-state index contributed by atoms with van der Waals surface area (Å²) in [5.41, 5.74) is 1.28. The Hall–Kier alpha value is -1.54. The van der Waals surface area contributed by atoms with Crippen LogP contribution in [0.25, 0.3) is 10.8 Å². The molecule has 2 heteroatoms. The van der Waals surface area contributed by atoms with Crippen molar-refractivity contribution in [3.8, 4) is 5.75 Å². The maximum absolute atomic E-state index is 5.56. The third-order valence-electron chi connectivity index (χ3n) is 4.96. The van der Waals surface area contributed by atoms with Crippen LogP contribution in [0.1, 0.15) is 31.7 Å². The van der Waals surface area contributed by atoms with Gasteiger partial charge in [-0.2, -0.15) is 0 Å². The summed E-state index contributed by atoms with van der Waals surface area (Å²) in [7, 11) is 1.76. The number of hydrogen-bond donors (Lipinski definition) is 1. The zero-order valence-electron chi connectivity index (χ0n) is 13.1. The lowest BCUT2D eigenvalue weighted by Crippen LogP contribution is -2.24. The van der Waals surface area contributed by atoms with Crippen molar-refractivity contribution in [2.24, 2.45) is 11.8 Å². The van der Waals surface area contributed by atoms with Crippen LogP contribution in [0.5, 0.6) is 5.75 Å². The Kier molecular flexibility index (Phi) is 4.45. The van der Waals surface area contributed by atoms with Gasteiger partial charge in [0.1, 0.15) is 5.75 Å². The zero-order valence-corrected chi connectivity index (χ0v) is 13.1. The Bertz CT molecular complexity index is 608. The van der Waals surface area contributed by atoms with Crippen molar-refractivity contribution >= 4 is 10.8 Å². The molecule has 3 rings (SSSR count). The smallest absolute Gasteiger partial charge is 0.123 e. The summed E-state index contributed by atoms with van der Waals surface area (Å²) in [6.45, 7) is 4.39. The summed E-state index contributed by atoms with van der Waals surface area (Å²) in [4.78, 5) is 0. The number of benzene rings is 2. The highest BCUT2D eigenvalue weighted by Crippen LogP contribution is 2.31. The molecule has 1 fully saturated rings. The minimum absolute atomic E-state index is 0.839. The Balaban J connectivity index is 1.75. The van der Waals surface area contributed by atoms with Crippen LogP contribution in [0.15, 0.2) is 36.4 Å². The van der Waals surface area contributed by atoms with E-state index in [1.165, 1.54) is 35.6 Å². The van der Waals surface area contributed by atoms with Crippen molar-refractivity contribution in [1.29, 1.82) is 0 Å². The van der Waals surface area contributed by atoms with Crippen LogP contribution in [0.4, 0.5) is 0 Å². The van der Waals surface area contributed by atoms with Gasteiger partial charge in [-0.1, -0.05) is 50.1 Å². The lowest BCUT2D eigenvalue weighted by Gasteiger charge is -2.18. The zero-order chi connectivity index (χ0) is 14.7. The van der Waals surface area contributed by atoms with Gasteiger partial charge in [0, 0.05) is 12.1 Å². The molecule has 0 aromatic heterocycles. The maximum Gasteiger partial charge on any atom is 0.123 e. The summed E-state index contributed by atoms with van der Waals surface area (Å²) in [6.07, 6.45) is 4.16. The second-order valence-corrected chi connectivity index (χ2v) is 6.27. The fourth-order valence-corrected chi connectivity index (χ4v) is 3.60. The van der Waals surface area contributed by atoms with Gasteiger partial charge in [0.05, 0.1) is 7.11 Å². The molecule has 1 N–H and O–H groups in total. The molecule has 0 spiro atoms. The number of nitrogens with one attached hydrogen (secondary N) is 1. The van der Waals surface area contributed by atoms with Crippen LogP contribution >= 0.6 is 0 Å². The topological polar surface area (TPSA) is 21.3 Å². The first kappa shape index (κ1) is 14.4. The van der Waals surface area contributed by atoms with Crippen LogP contribution in [0, 0.1) is 11.8 Å². The number of ether oxygens (including phenoxy) is 1. The fraction of sp³-hybridized carbons (Fsp3) is 0.474. The summed E-state index contributed by atoms with van der Waals surface area (Å²) in [5.74, 6) is 2.69. The van der Waals surface area contributed by atoms with Gasteiger partial charge < -0.3 is 10.1 Å². The van der Waals surface area contributed by atoms with E-state index >= 15 is 0 Å². The quantitative estimate of drug-likeness (QED) is 0.879. The Morgan fingerprint density at radius 3 is 2.76 bits per heavy atom. The fourth-order valence-electron chi connectivity index (χ4n) is 3.60. The Morgan fingerprint density at radius 1 is 1.14 bits per heavy atom. The van der Waals surface area contributed by atoms with Crippen LogP contribution in [-0.4, -0.2) is 13.7 Å². The average molecular weight is 283 g/mol. The van der Waals surface area contributed by atoms with Crippen molar-refractivity contribution in [1.82, 2.24) is 5.32 Å². The molecule has 2 aromatic rings. The highest BCUT2D eigenvalue weighted by Gasteiger charge is 2.22. The number of methoxy groups -OCH3 is 1. The SMILES string of the molecule is COc1ccc2ccccc2c1CNCC1CCCC1C. The minimum Gasteiger partial charge on any atom is -0.496 e. The van der Waals surface area contributed by atoms with Crippen molar-refractivity contribution in [3.63, 3.8) is 0 Å². The van der Waals surface area contributed by atoms with E-state index in [-0.39, 0.29) is 0 Å². The average Bonchev–Trinajstić information content (AvgIpc) is 2.93. The van der Waals surface area contributed by atoms with E-state index in [4.69, 9.17) is 4.74 Å². The summed E-state index contributed by atoms with van der Waals surface area (Å²) >= 11 is 0. The number of hydrogen-bond acceptors (Lipinski definition) is 2. The molecule has 0 aliphatic heterocycles. The normalized spacial score (nSPS) is 21.8. The van der Waals surface area contributed by atoms with Gasteiger partial charge in [-0.05, 0) is 41.6 Å². The molecule has 112 valence electrons. The molecule has 0 heterocycles. The first-order chi connectivity index (χ1) is 10.3. The van der Waals surface area contributed by atoms with Crippen molar-refractivity contribution in [2.45, 2.75) is 32.7 Å². The van der Waals surface area contributed by atoms with E-state index in [9.17, 15) is 0 Å². The molecule has 0 radical (unpaired) electrons. The number of fused-ring (bicyclic) bond motifs is 1. The second kappa shape index (κ2) is 6.48. The van der Waals surface area contributed by atoms with E-state index in [1.54, 1.807) is 7.11 Å². The highest BCUT2D eigenvalue weighted by atomic mass is 16.5. The van der Waals surface area contributed by atoms with E-state index < -0.39 is 0 Å². The van der Waals surface area contributed by atoms with Gasteiger partial charge in [-0.3, -0.25) is 0 Å². The van der Waals surface area contributed by atoms with E-state index in [1.807, 2.05) is 0 Å². The first-order valence-electron chi connectivity index (χ1n) is 8.05. The molecule has 2 nitrogen and oxygen atoms in total. The molecule has 1 aliphatic rings. The molecule has 2 aromatic carbocycles. The van der Waals surface area contributed by atoms with Gasteiger partial charge in [-0.25, -0.2) is 0 Å². The predicted octanol–water partition coefficient (Wildman–Crippen LogP) is 4.37. The highest BCUT2D eigenvalue weighted by molar-refractivity contribution is 5.87. The molecule has 2 atom stereocenters. The van der Waals surface area contributed by atoms with Crippen molar-refractivity contribution < 1.29 is 4.74 Å². The largest absolute Gasteiger partial charge is 0.496 e. The molecule has 0 saturated heterocycles. The molecule has 1 aliphatic carbocycles. The molecule has 21 heavy (non-hydrogen) atoms. The standard InChI is InChI=1S/C19H25NO/c1-14-6-5-8-16(14)12-20-13-18-17-9-4-3-7-15(17)10-11-19(18)21-2/h3-4,7,9-11,14,16,20H,5-6,8,12-13H2,1-2H3. The van der Waals surface area contributed by atoms with Crippen LogP contribution in [0.2, 0.25) is 0 Å². The minimum atomic E-state index is 0.839. The van der Waals surface area contributed by atoms with Crippen LogP contribution < -0.4 is 10.1 Å². The molecule has 0 bridgehead atoms. The van der Waals surface area contributed by atoms with Gasteiger partial charge in [0.25, 0.3) is 0 Å². The van der Waals surface area contributed by atoms with E-state index in [2.05, 4.69) is 48.6 Å². The summed E-state index contributed by atoms with van der Waals surface area (Å²) in [6, 6.07) is 12.8. The van der Waals surface area contributed by atoms with E-state index in [0.717, 1.165) is 30.7 Å². The molecule has 0 amide bonds. The van der Waals surface area contributed by atoms with Crippen molar-refractivity contribution in [2.75, 3.05) is 13.7 Å². The van der Waals surface area contributed by atoms with Gasteiger partial charge >= 0.3 is 0 Å². The first-order valence-corrected chi connectivity index (χ1v) is 8.05. The molecular formula is C19H25NO. The van der Waals surface area contributed by atoms with Gasteiger partial charge in [0.15, 0.2) is 0 Å². The Morgan fingerprint density at radius 2 is 2.00 bits per heavy atom. The predicted molar refractivity (Wildman–Crippen MR) is 88.7 cm³/mol. The van der Waals surface area contributed by atoms with Crippen molar-refractivity contribution in [3.05, 3.63) is 42.0 Å².